The number of amides is 1. The van der Waals surface area contributed by atoms with Crippen LogP contribution in [0.2, 0.25) is 0 Å². The molecule has 206 valence electrons. The van der Waals surface area contributed by atoms with E-state index in [0.29, 0.717) is 5.57 Å². The minimum atomic E-state index is -1.20. The summed E-state index contributed by atoms with van der Waals surface area (Å²) in [4.78, 5) is 46.3. The van der Waals surface area contributed by atoms with Gasteiger partial charge in [-0.15, -0.1) is 23.1 Å². The fraction of sp³-hybridized carbons (Fsp3) is 0.407. The van der Waals surface area contributed by atoms with Crippen LogP contribution >= 0.6 is 23.1 Å². The van der Waals surface area contributed by atoms with Crippen LogP contribution in [0.5, 0.6) is 0 Å². The number of aliphatic hydroxyl groups excluding tert-OH is 1. The number of ether oxygens (including phenoxy) is 3. The summed E-state index contributed by atoms with van der Waals surface area (Å²) < 4.78 is 18.0. The molecule has 0 saturated carbocycles. The summed E-state index contributed by atoms with van der Waals surface area (Å²) in [5, 5.41) is 11.1. The second-order valence-electron chi connectivity index (χ2n) is 9.52. The first-order valence-electron chi connectivity index (χ1n) is 12.5. The number of fused-ring (bicyclic) bond motifs is 2. The molecule has 0 spiro atoms. The van der Waals surface area contributed by atoms with E-state index in [1.807, 2.05) is 54.1 Å². The third-order valence-corrected chi connectivity index (χ3v) is 8.86. The van der Waals surface area contributed by atoms with Crippen LogP contribution in [0.15, 0.2) is 53.6 Å². The van der Waals surface area contributed by atoms with Gasteiger partial charge in [0.05, 0.1) is 29.5 Å². The van der Waals surface area contributed by atoms with Gasteiger partial charge in [0.25, 0.3) is 0 Å². The summed E-state index contributed by atoms with van der Waals surface area (Å²) in [7, 11) is 0. The van der Waals surface area contributed by atoms with Crippen molar-refractivity contribution in [2.45, 2.75) is 50.8 Å². The summed E-state index contributed by atoms with van der Waals surface area (Å²) in [5.74, 6) is -2.64. The summed E-state index contributed by atoms with van der Waals surface area (Å²) in [6, 6.07) is 9.02. The molecule has 5 rings (SSSR count). The first-order chi connectivity index (χ1) is 18.7. The smallest absolute Gasteiger partial charge is 0.358 e. The van der Waals surface area contributed by atoms with Crippen molar-refractivity contribution in [1.29, 1.82) is 0 Å². The maximum atomic E-state index is 13.5. The zero-order chi connectivity index (χ0) is 27.8. The van der Waals surface area contributed by atoms with E-state index >= 15 is 0 Å². The zero-order valence-corrected chi connectivity index (χ0v) is 23.5. The summed E-state index contributed by atoms with van der Waals surface area (Å²) >= 11 is 2.99. The van der Waals surface area contributed by atoms with Crippen molar-refractivity contribution in [2.24, 2.45) is 11.8 Å². The van der Waals surface area contributed by atoms with Crippen LogP contribution in [-0.4, -0.2) is 68.5 Å². The van der Waals surface area contributed by atoms with E-state index in [1.54, 1.807) is 13.3 Å². The molecule has 2 aliphatic rings. The Morgan fingerprint density at radius 2 is 1.95 bits per heavy atom. The van der Waals surface area contributed by atoms with E-state index in [9.17, 15) is 19.5 Å². The van der Waals surface area contributed by atoms with Gasteiger partial charge in [-0.1, -0.05) is 37.3 Å². The Balaban J connectivity index is 1.33. The Bertz CT molecular complexity index is 1430. The number of rotatable bonds is 10. The highest BCUT2D eigenvalue weighted by atomic mass is 32.2. The van der Waals surface area contributed by atoms with E-state index in [1.165, 1.54) is 34.9 Å². The molecule has 1 amide bonds. The molecule has 1 N–H and O–H groups in total. The lowest BCUT2D eigenvalue weighted by Gasteiger charge is -2.46. The number of esters is 2. The van der Waals surface area contributed by atoms with Crippen LogP contribution in [0.3, 0.4) is 0 Å². The van der Waals surface area contributed by atoms with Gasteiger partial charge in [0.1, 0.15) is 28.5 Å². The number of carbonyl (C=O) groups excluding carboxylic acids is 3. The second kappa shape index (κ2) is 11.1. The van der Waals surface area contributed by atoms with Crippen molar-refractivity contribution in [3.8, 4) is 0 Å². The summed E-state index contributed by atoms with van der Waals surface area (Å²) in [5.41, 5.74) is 1.68. The second-order valence-corrected chi connectivity index (χ2v) is 11.3. The highest BCUT2D eigenvalue weighted by molar-refractivity contribution is 7.98. The number of aliphatic hydroxyl groups is 1. The number of thioether (sulfide) groups is 1. The average Bonchev–Trinajstić information content (AvgIpc) is 3.54. The molecule has 0 aliphatic carbocycles. The van der Waals surface area contributed by atoms with Crippen molar-refractivity contribution in [3.05, 3.63) is 59.0 Å². The van der Waals surface area contributed by atoms with Crippen molar-refractivity contribution < 1.29 is 33.7 Å². The Kier molecular flexibility index (Phi) is 7.81. The molecular formula is C27H29N3O7S2. The maximum absolute atomic E-state index is 13.5. The fourth-order valence-corrected chi connectivity index (χ4v) is 7.12. The number of nitrogens with zero attached hydrogens (tertiary/aromatic N) is 3. The first-order valence-corrected chi connectivity index (χ1v) is 14.5. The minimum absolute atomic E-state index is 0.112. The zero-order valence-electron chi connectivity index (χ0n) is 21.9. The van der Waals surface area contributed by atoms with Gasteiger partial charge in [0.2, 0.25) is 12.2 Å². The van der Waals surface area contributed by atoms with Gasteiger partial charge in [-0.05, 0) is 18.7 Å². The number of imidazole rings is 1. The van der Waals surface area contributed by atoms with E-state index in [0.717, 1.165) is 20.3 Å². The highest BCUT2D eigenvalue weighted by Gasteiger charge is 2.60. The van der Waals surface area contributed by atoms with Gasteiger partial charge in [-0.2, -0.15) is 0 Å². The largest absolute Gasteiger partial charge is 0.424 e. The Morgan fingerprint density at radius 3 is 2.64 bits per heavy atom. The molecule has 2 aliphatic heterocycles. The molecule has 0 radical (unpaired) electrons. The van der Waals surface area contributed by atoms with Crippen molar-refractivity contribution >= 4 is 51.3 Å². The van der Waals surface area contributed by atoms with Crippen molar-refractivity contribution in [3.63, 3.8) is 0 Å². The lowest BCUT2D eigenvalue weighted by atomic mass is 9.77. The molecule has 1 saturated heterocycles. The summed E-state index contributed by atoms with van der Waals surface area (Å²) in [6.07, 6.45) is 3.46. The van der Waals surface area contributed by atoms with Crippen LogP contribution < -0.4 is 0 Å². The SMILES string of the molecule is CSc1ncn2cc(C3=C(C(=O)OC(C)OC(=O)COCc4ccccc4)N4C(=O)[C@H]([C@@H](C)O)[C@H]4[C@H]3C)sc12. The van der Waals surface area contributed by atoms with Gasteiger partial charge in [0.15, 0.2) is 0 Å². The molecule has 3 aromatic rings. The molecule has 0 bridgehead atoms. The van der Waals surface area contributed by atoms with Gasteiger partial charge in [0, 0.05) is 24.6 Å². The molecule has 1 aromatic carbocycles. The molecule has 10 nitrogen and oxygen atoms in total. The molecule has 1 unspecified atom stereocenters. The number of hydrogen-bond donors (Lipinski definition) is 1. The predicted octanol–water partition coefficient (Wildman–Crippen LogP) is 3.34. The van der Waals surface area contributed by atoms with E-state index in [2.05, 4.69) is 4.98 Å². The van der Waals surface area contributed by atoms with Crippen LogP contribution in [0.25, 0.3) is 10.4 Å². The minimum Gasteiger partial charge on any atom is -0.424 e. The van der Waals surface area contributed by atoms with E-state index in [-0.39, 0.29) is 36.8 Å². The lowest BCUT2D eigenvalue weighted by Crippen LogP contribution is -2.63. The Labute approximate surface area is 233 Å². The monoisotopic (exact) mass is 571 g/mol. The van der Waals surface area contributed by atoms with Gasteiger partial charge in [-0.25, -0.2) is 14.6 Å². The molecule has 12 heteroatoms. The molecule has 39 heavy (non-hydrogen) atoms. The third-order valence-electron chi connectivity index (χ3n) is 6.91. The third kappa shape index (κ3) is 5.09. The Hall–Kier alpha value is -3.19. The van der Waals surface area contributed by atoms with Crippen LogP contribution in [0.1, 0.15) is 31.2 Å². The number of hydrogen-bond acceptors (Lipinski definition) is 10. The average molecular weight is 572 g/mol. The molecule has 2 aromatic heterocycles. The summed E-state index contributed by atoms with van der Waals surface area (Å²) in [6.45, 7) is 4.88. The van der Waals surface area contributed by atoms with Crippen LogP contribution in [0.4, 0.5) is 0 Å². The topological polar surface area (TPSA) is 120 Å². The van der Waals surface area contributed by atoms with Gasteiger partial charge in [-0.3, -0.25) is 9.20 Å². The standard InChI is InChI=1S/C27H29N3O7S2/c1-14-20(18-10-29-13-28-24(38-4)26(29)39-18)23(30-22(14)21(15(2)31)25(30)33)27(34)37-16(3)36-19(32)12-35-11-17-8-6-5-7-9-17/h5-10,13-16,21-22,31H,11-12H2,1-4H3/t14-,15+,16?,21+,22+/m0/s1. The van der Waals surface area contributed by atoms with Crippen LogP contribution in [-0.2, 0) is 35.2 Å². The molecule has 1 fully saturated rings. The molecular weight excluding hydrogens is 542 g/mol. The quantitative estimate of drug-likeness (QED) is 0.169. The lowest BCUT2D eigenvalue weighted by molar-refractivity contribution is -0.188. The predicted molar refractivity (Wildman–Crippen MR) is 144 cm³/mol. The molecule has 5 atom stereocenters. The number of thiazole rings is 1. The number of aromatic nitrogens is 2. The fourth-order valence-electron chi connectivity index (χ4n) is 5.20. The highest BCUT2D eigenvalue weighted by Crippen LogP contribution is 2.52. The van der Waals surface area contributed by atoms with Gasteiger partial charge < -0.3 is 24.2 Å². The van der Waals surface area contributed by atoms with E-state index in [4.69, 9.17) is 14.2 Å². The molecule has 4 heterocycles. The van der Waals surface area contributed by atoms with Crippen LogP contribution in [0, 0.1) is 11.8 Å². The van der Waals surface area contributed by atoms with Crippen molar-refractivity contribution in [1.82, 2.24) is 14.3 Å². The van der Waals surface area contributed by atoms with E-state index < -0.39 is 30.3 Å². The number of carbonyl (C=O) groups is 3. The first kappa shape index (κ1) is 27.4. The van der Waals surface area contributed by atoms with Crippen molar-refractivity contribution in [2.75, 3.05) is 12.9 Å². The number of benzene rings is 1. The van der Waals surface area contributed by atoms with Gasteiger partial charge >= 0.3 is 11.9 Å². The maximum Gasteiger partial charge on any atom is 0.358 e. The Morgan fingerprint density at radius 1 is 1.21 bits per heavy atom. The number of β-lactam (4-membered cyclic amide) rings is 1. The normalized spacial score (nSPS) is 22.0.